The predicted molar refractivity (Wildman–Crippen MR) is 256 cm³/mol. The molecule has 0 aliphatic carbocycles. The van der Waals surface area contributed by atoms with E-state index in [2.05, 4.69) is 194 Å². The first-order chi connectivity index (χ1) is 29.3. The van der Waals surface area contributed by atoms with Crippen molar-refractivity contribution in [3.8, 4) is 43.8 Å². The summed E-state index contributed by atoms with van der Waals surface area (Å²) in [7, 11) is 0. The third-order valence-corrected chi connectivity index (χ3v) is 14.7. The van der Waals surface area contributed by atoms with E-state index in [9.17, 15) is 0 Å². The number of hydrogen-bond donors (Lipinski definition) is 0. The Kier molecular flexibility index (Phi) is 7.12. The normalized spacial score (nSPS) is 12.1. The van der Waals surface area contributed by atoms with E-state index in [1.165, 1.54) is 101 Å². The zero-order valence-corrected chi connectivity index (χ0v) is 33.3. The van der Waals surface area contributed by atoms with Crippen molar-refractivity contribution in [3.63, 3.8) is 0 Å². The second-order valence-electron chi connectivity index (χ2n) is 15.5. The van der Waals surface area contributed by atoms with Crippen LogP contribution in [0.3, 0.4) is 0 Å². The molecule has 13 aromatic rings. The van der Waals surface area contributed by atoms with Gasteiger partial charge in [-0.3, -0.25) is 0 Å². The Hall–Kier alpha value is -7.04. The van der Waals surface area contributed by atoms with Crippen LogP contribution >= 0.6 is 22.7 Å². The maximum Gasteiger partial charge on any atom is 0.136 e. The lowest BCUT2D eigenvalue weighted by Gasteiger charge is -2.18. The summed E-state index contributed by atoms with van der Waals surface area (Å²) in [6, 6.07) is 71.2. The van der Waals surface area contributed by atoms with Crippen molar-refractivity contribution >= 4 is 107 Å². The molecule has 0 aliphatic rings. The molecular formula is C56H32OS2. The van der Waals surface area contributed by atoms with Crippen molar-refractivity contribution in [1.82, 2.24) is 0 Å². The number of furan rings is 1. The lowest BCUT2D eigenvalue weighted by molar-refractivity contribution is 0.669. The minimum absolute atomic E-state index is 0.908. The average Bonchev–Trinajstić information content (AvgIpc) is 3.99. The number of thiophene rings is 2. The van der Waals surface area contributed by atoms with Gasteiger partial charge in [-0.1, -0.05) is 158 Å². The Morgan fingerprint density at radius 3 is 1.61 bits per heavy atom. The van der Waals surface area contributed by atoms with Gasteiger partial charge in [-0.15, -0.1) is 22.7 Å². The highest BCUT2D eigenvalue weighted by atomic mass is 32.1. The van der Waals surface area contributed by atoms with E-state index >= 15 is 0 Å². The minimum atomic E-state index is 0.908. The number of hydrogen-bond acceptors (Lipinski definition) is 3. The van der Waals surface area contributed by atoms with Crippen LogP contribution < -0.4 is 0 Å². The molecule has 3 aromatic heterocycles. The second-order valence-corrected chi connectivity index (χ2v) is 17.6. The Balaban J connectivity index is 1.07. The van der Waals surface area contributed by atoms with Crippen LogP contribution in [-0.2, 0) is 0 Å². The highest BCUT2D eigenvalue weighted by molar-refractivity contribution is 7.27. The molecule has 0 atom stereocenters. The van der Waals surface area contributed by atoms with Crippen LogP contribution in [0, 0.1) is 0 Å². The molecule has 10 aromatic carbocycles. The lowest BCUT2D eigenvalue weighted by atomic mass is 9.85. The summed E-state index contributed by atoms with van der Waals surface area (Å²) in [6.07, 6.45) is 0. The molecule has 59 heavy (non-hydrogen) atoms. The number of fused-ring (bicyclic) bond motifs is 11. The third-order valence-electron chi connectivity index (χ3n) is 12.2. The summed E-state index contributed by atoms with van der Waals surface area (Å²) in [5.41, 5.74) is 10.6. The van der Waals surface area contributed by atoms with E-state index in [-0.39, 0.29) is 0 Å². The largest absolute Gasteiger partial charge is 0.456 e. The molecule has 274 valence electrons. The van der Waals surface area contributed by atoms with Crippen LogP contribution in [0.5, 0.6) is 0 Å². The minimum Gasteiger partial charge on any atom is -0.456 e. The topological polar surface area (TPSA) is 13.1 Å². The number of benzene rings is 10. The Labute approximate surface area is 347 Å². The molecule has 3 heterocycles. The first-order valence-corrected chi connectivity index (χ1v) is 21.7. The van der Waals surface area contributed by atoms with Gasteiger partial charge in [0, 0.05) is 57.0 Å². The molecule has 13 rings (SSSR count). The van der Waals surface area contributed by atoms with Gasteiger partial charge in [0.25, 0.3) is 0 Å². The zero-order chi connectivity index (χ0) is 38.6. The van der Waals surface area contributed by atoms with Crippen LogP contribution in [-0.4, -0.2) is 0 Å². The van der Waals surface area contributed by atoms with E-state index in [0.717, 1.165) is 27.5 Å². The second kappa shape index (κ2) is 12.7. The molecule has 0 saturated carbocycles. The zero-order valence-electron chi connectivity index (χ0n) is 31.7. The molecule has 0 spiro atoms. The van der Waals surface area contributed by atoms with Gasteiger partial charge in [0.1, 0.15) is 11.2 Å². The van der Waals surface area contributed by atoms with Crippen molar-refractivity contribution in [2.24, 2.45) is 0 Å². The molecule has 0 fully saturated rings. The molecule has 3 heteroatoms. The Bertz CT molecular complexity index is 3770. The molecule has 0 aliphatic heterocycles. The summed E-state index contributed by atoms with van der Waals surface area (Å²) in [5.74, 6) is 0. The summed E-state index contributed by atoms with van der Waals surface area (Å²) >= 11 is 3.82. The molecule has 1 nitrogen and oxygen atoms in total. The monoisotopic (exact) mass is 784 g/mol. The molecule has 0 N–H and O–H groups in total. The van der Waals surface area contributed by atoms with Gasteiger partial charge in [0.15, 0.2) is 0 Å². The summed E-state index contributed by atoms with van der Waals surface area (Å²) in [6.45, 7) is 0. The van der Waals surface area contributed by atoms with Crippen LogP contribution in [0.15, 0.2) is 199 Å². The molecule has 0 radical (unpaired) electrons. The van der Waals surface area contributed by atoms with Crippen molar-refractivity contribution in [2.45, 2.75) is 0 Å². The molecule has 0 saturated heterocycles. The molecule has 0 amide bonds. The van der Waals surface area contributed by atoms with E-state index in [1.807, 2.05) is 22.7 Å². The lowest BCUT2D eigenvalue weighted by Crippen LogP contribution is -1.91. The van der Waals surface area contributed by atoms with Crippen molar-refractivity contribution in [3.05, 3.63) is 194 Å². The fourth-order valence-electron chi connectivity index (χ4n) is 9.70. The van der Waals surface area contributed by atoms with Crippen molar-refractivity contribution < 1.29 is 4.42 Å². The van der Waals surface area contributed by atoms with Gasteiger partial charge in [0.05, 0.1) is 0 Å². The van der Waals surface area contributed by atoms with E-state index < -0.39 is 0 Å². The van der Waals surface area contributed by atoms with Gasteiger partial charge in [0.2, 0.25) is 0 Å². The Morgan fingerprint density at radius 1 is 0.322 bits per heavy atom. The standard InChI is InChI=1S/C56H32OS2/c1-3-14-33(15-4-1)51-54-49(58-55(51)34-16-5-2-6-17-34)29-28-48-53(54)44-25-13-24-43(56(44)59-48)52-41-22-11-9-20-39(41)50(40-21-10-12-23-42(40)52)37-26-27-38-45-30-35-18-7-8-19-36(35)31-47(45)57-46(38)32-37/h1-32H. The number of rotatable bonds is 4. The Morgan fingerprint density at radius 2 is 0.898 bits per heavy atom. The first-order valence-electron chi connectivity index (χ1n) is 20.1. The SMILES string of the molecule is c1ccc(-c2sc3ccc4sc5c(-c6c7ccccc7c(-c7ccc8c(c7)oc7cc9ccccc9cc78)c7ccccc67)cccc5c4c3c2-c2ccccc2)cc1. The summed E-state index contributed by atoms with van der Waals surface area (Å²) < 4.78 is 10.6. The van der Waals surface area contributed by atoms with Crippen LogP contribution in [0.1, 0.15) is 0 Å². The quantitative estimate of drug-likeness (QED) is 0.162. The van der Waals surface area contributed by atoms with Gasteiger partial charge < -0.3 is 4.42 Å². The van der Waals surface area contributed by atoms with Crippen molar-refractivity contribution in [2.75, 3.05) is 0 Å². The molecular weight excluding hydrogens is 753 g/mol. The fraction of sp³-hybridized carbons (Fsp3) is 0. The highest BCUT2D eigenvalue weighted by Crippen LogP contribution is 2.53. The first kappa shape index (κ1) is 33.0. The smallest absolute Gasteiger partial charge is 0.136 e. The van der Waals surface area contributed by atoms with Gasteiger partial charge in [-0.2, -0.15) is 0 Å². The van der Waals surface area contributed by atoms with E-state index in [1.54, 1.807) is 0 Å². The highest BCUT2D eigenvalue weighted by Gasteiger charge is 2.23. The molecule has 0 bridgehead atoms. The molecule has 0 unspecified atom stereocenters. The average molecular weight is 785 g/mol. The van der Waals surface area contributed by atoms with Gasteiger partial charge in [-0.25, -0.2) is 0 Å². The van der Waals surface area contributed by atoms with Gasteiger partial charge >= 0.3 is 0 Å². The predicted octanol–water partition coefficient (Wildman–Crippen LogP) is 17.3. The fourth-order valence-corrected chi connectivity index (χ4v) is 12.2. The van der Waals surface area contributed by atoms with E-state index in [0.29, 0.717) is 0 Å². The van der Waals surface area contributed by atoms with E-state index in [4.69, 9.17) is 4.42 Å². The van der Waals surface area contributed by atoms with Crippen molar-refractivity contribution in [1.29, 1.82) is 0 Å². The summed E-state index contributed by atoms with van der Waals surface area (Å²) in [4.78, 5) is 1.32. The third kappa shape index (κ3) is 4.90. The van der Waals surface area contributed by atoms with Crippen LogP contribution in [0.2, 0.25) is 0 Å². The van der Waals surface area contributed by atoms with Crippen LogP contribution in [0.4, 0.5) is 0 Å². The maximum atomic E-state index is 6.61. The summed E-state index contributed by atoms with van der Waals surface area (Å²) in [5, 5.41) is 13.7. The maximum absolute atomic E-state index is 6.61. The van der Waals surface area contributed by atoms with Gasteiger partial charge in [-0.05, 0) is 96.5 Å². The van der Waals surface area contributed by atoms with Crippen LogP contribution in [0.25, 0.3) is 128 Å².